The van der Waals surface area contributed by atoms with Crippen molar-refractivity contribution >= 4 is 36.4 Å². The van der Waals surface area contributed by atoms with Crippen LogP contribution >= 0.6 is 24.8 Å². The van der Waals surface area contributed by atoms with Crippen LogP contribution in [0.1, 0.15) is 12.8 Å². The van der Waals surface area contributed by atoms with Crippen LogP contribution in [0.15, 0.2) is 30.3 Å². The Hall–Kier alpha value is -1.01. The van der Waals surface area contributed by atoms with Crippen LogP contribution in [0.25, 0.3) is 0 Å². The first-order chi connectivity index (χ1) is 10.8. The topological polar surface area (TPSA) is 44.8 Å². The van der Waals surface area contributed by atoms with Gasteiger partial charge in [-0.15, -0.1) is 24.8 Å². The summed E-state index contributed by atoms with van der Waals surface area (Å²) in [6.45, 7) is 4.03. The normalized spacial score (nSPS) is 23.6. The number of likely N-dealkylation sites (N-methyl/N-ethyl adjacent to an activating group) is 1. The number of carbonyl (C=O) groups is 1. The van der Waals surface area contributed by atoms with E-state index in [0.717, 1.165) is 32.5 Å². The molecule has 0 spiro atoms. The number of benzene rings is 1. The van der Waals surface area contributed by atoms with E-state index >= 15 is 0 Å². The Labute approximate surface area is 156 Å². The monoisotopic (exact) mass is 375 g/mol. The molecular formula is C17H27Cl2N3O2. The Bertz CT molecular complexity index is 498. The highest BCUT2D eigenvalue weighted by Gasteiger charge is 2.31. The molecule has 2 fully saturated rings. The van der Waals surface area contributed by atoms with E-state index < -0.39 is 0 Å². The second-order valence-electron chi connectivity index (χ2n) is 6.09. The summed E-state index contributed by atoms with van der Waals surface area (Å²) in [6.07, 6.45) is 1.85. The summed E-state index contributed by atoms with van der Waals surface area (Å²) in [5, 5.41) is 3.23. The van der Waals surface area contributed by atoms with Crippen LogP contribution in [-0.2, 0) is 9.53 Å². The minimum atomic E-state index is -0.328. The van der Waals surface area contributed by atoms with Crippen molar-refractivity contribution in [1.82, 2.24) is 10.2 Å². The van der Waals surface area contributed by atoms with E-state index in [4.69, 9.17) is 4.74 Å². The van der Waals surface area contributed by atoms with Crippen LogP contribution in [0, 0.1) is 0 Å². The summed E-state index contributed by atoms with van der Waals surface area (Å²) in [5.41, 5.74) is 1.24. The molecule has 5 nitrogen and oxygen atoms in total. The van der Waals surface area contributed by atoms with E-state index in [0.29, 0.717) is 13.2 Å². The van der Waals surface area contributed by atoms with Gasteiger partial charge in [-0.1, -0.05) is 18.2 Å². The number of hydrogen-bond donors (Lipinski definition) is 1. The van der Waals surface area contributed by atoms with Crippen LogP contribution in [0.4, 0.5) is 5.69 Å². The number of amides is 1. The van der Waals surface area contributed by atoms with Gasteiger partial charge in [0.05, 0.1) is 6.61 Å². The zero-order valence-electron chi connectivity index (χ0n) is 14.0. The lowest BCUT2D eigenvalue weighted by molar-refractivity contribution is -0.146. The number of halogens is 2. The first-order valence-corrected chi connectivity index (χ1v) is 8.14. The molecule has 0 bridgehead atoms. The van der Waals surface area contributed by atoms with Crippen LogP contribution in [0.2, 0.25) is 0 Å². The van der Waals surface area contributed by atoms with Gasteiger partial charge >= 0.3 is 0 Å². The molecule has 136 valence electrons. The Kier molecular flexibility index (Phi) is 8.84. The first kappa shape index (κ1) is 21.0. The van der Waals surface area contributed by atoms with Gasteiger partial charge in [0.25, 0.3) is 5.91 Å². The third kappa shape index (κ3) is 4.99. The van der Waals surface area contributed by atoms with E-state index in [9.17, 15) is 4.79 Å². The molecule has 2 aliphatic rings. The summed E-state index contributed by atoms with van der Waals surface area (Å²) in [7, 11) is 1.92. The summed E-state index contributed by atoms with van der Waals surface area (Å²) in [6, 6.07) is 10.7. The number of rotatable bonds is 3. The van der Waals surface area contributed by atoms with Crippen molar-refractivity contribution in [3.05, 3.63) is 30.3 Å². The number of morpholine rings is 1. The average molecular weight is 376 g/mol. The molecule has 7 heteroatoms. The number of para-hydroxylation sites is 1. The highest BCUT2D eigenvalue weighted by atomic mass is 35.5. The molecule has 2 unspecified atom stereocenters. The van der Waals surface area contributed by atoms with E-state index in [2.05, 4.69) is 34.5 Å². The maximum absolute atomic E-state index is 12.6. The van der Waals surface area contributed by atoms with Crippen LogP contribution < -0.4 is 10.2 Å². The largest absolute Gasteiger partial charge is 0.369 e. The number of nitrogens with zero attached hydrogens (tertiary/aromatic N) is 2. The van der Waals surface area contributed by atoms with Crippen molar-refractivity contribution in [2.24, 2.45) is 0 Å². The molecule has 24 heavy (non-hydrogen) atoms. The molecule has 2 saturated heterocycles. The Morgan fingerprint density at radius 1 is 1.29 bits per heavy atom. The fourth-order valence-corrected chi connectivity index (χ4v) is 3.28. The minimum absolute atomic E-state index is 0. The number of nitrogens with one attached hydrogen (secondary N) is 1. The Morgan fingerprint density at radius 3 is 2.71 bits per heavy atom. The molecule has 0 saturated carbocycles. The maximum Gasteiger partial charge on any atom is 0.253 e. The quantitative estimate of drug-likeness (QED) is 0.876. The van der Waals surface area contributed by atoms with Crippen molar-refractivity contribution in [3.63, 3.8) is 0 Å². The van der Waals surface area contributed by atoms with Crippen molar-refractivity contribution in [3.8, 4) is 0 Å². The molecule has 1 aromatic carbocycles. The predicted octanol–water partition coefficient (Wildman–Crippen LogP) is 1.95. The molecule has 0 aliphatic carbocycles. The fraction of sp³-hybridized carbons (Fsp3) is 0.588. The Balaban J connectivity index is 0.00000144. The molecule has 0 aromatic heterocycles. The van der Waals surface area contributed by atoms with Gasteiger partial charge in [-0.05, 0) is 25.0 Å². The van der Waals surface area contributed by atoms with Crippen molar-refractivity contribution in [2.75, 3.05) is 44.7 Å². The van der Waals surface area contributed by atoms with Gasteiger partial charge in [0.15, 0.2) is 0 Å². The van der Waals surface area contributed by atoms with Gasteiger partial charge < -0.3 is 19.9 Å². The summed E-state index contributed by atoms with van der Waals surface area (Å²) >= 11 is 0. The van der Waals surface area contributed by atoms with Gasteiger partial charge in [0, 0.05) is 45.0 Å². The molecule has 2 aliphatic heterocycles. The number of anilines is 1. The first-order valence-electron chi connectivity index (χ1n) is 8.14. The minimum Gasteiger partial charge on any atom is -0.369 e. The zero-order chi connectivity index (χ0) is 15.4. The molecule has 1 aromatic rings. The lowest BCUT2D eigenvalue weighted by Crippen LogP contribution is -2.54. The molecule has 1 N–H and O–H groups in total. The molecule has 1 amide bonds. The van der Waals surface area contributed by atoms with Gasteiger partial charge in [-0.25, -0.2) is 0 Å². The predicted molar refractivity (Wildman–Crippen MR) is 102 cm³/mol. The molecule has 2 heterocycles. The van der Waals surface area contributed by atoms with Crippen molar-refractivity contribution in [2.45, 2.75) is 25.0 Å². The van der Waals surface area contributed by atoms with E-state index in [1.165, 1.54) is 5.69 Å². The lowest BCUT2D eigenvalue weighted by atomic mass is 10.0. The van der Waals surface area contributed by atoms with Gasteiger partial charge in [-0.2, -0.15) is 0 Å². The zero-order valence-corrected chi connectivity index (χ0v) is 15.7. The van der Waals surface area contributed by atoms with Crippen molar-refractivity contribution < 1.29 is 9.53 Å². The standard InChI is InChI=1S/C17H25N3O2.2ClH/c1-19(17(21)16-12-18-9-11-22-16)15-8-5-10-20(13-15)14-6-3-2-4-7-14;;/h2-4,6-7,15-16,18H,5,8-13H2,1H3;2*1H. The van der Waals surface area contributed by atoms with E-state index in [1.807, 2.05) is 18.0 Å². The third-order valence-electron chi connectivity index (χ3n) is 4.62. The molecular weight excluding hydrogens is 349 g/mol. The number of hydrogen-bond acceptors (Lipinski definition) is 4. The molecule has 3 rings (SSSR count). The number of ether oxygens (including phenoxy) is 1. The van der Waals surface area contributed by atoms with Gasteiger partial charge in [-0.3, -0.25) is 4.79 Å². The maximum atomic E-state index is 12.6. The molecule has 2 atom stereocenters. The lowest BCUT2D eigenvalue weighted by Gasteiger charge is -2.40. The van der Waals surface area contributed by atoms with Crippen LogP contribution in [0.3, 0.4) is 0 Å². The van der Waals surface area contributed by atoms with E-state index in [-0.39, 0.29) is 42.9 Å². The summed E-state index contributed by atoms with van der Waals surface area (Å²) in [5.74, 6) is 0.104. The van der Waals surface area contributed by atoms with E-state index in [1.54, 1.807) is 0 Å². The SMILES string of the molecule is CN(C(=O)C1CNCCO1)C1CCCN(c2ccccc2)C1.Cl.Cl. The second kappa shape index (κ2) is 10.1. The smallest absolute Gasteiger partial charge is 0.253 e. The highest BCUT2D eigenvalue weighted by molar-refractivity contribution is 5.85. The van der Waals surface area contributed by atoms with Crippen LogP contribution in [-0.4, -0.2) is 62.8 Å². The number of carbonyl (C=O) groups excluding carboxylic acids is 1. The van der Waals surface area contributed by atoms with Gasteiger partial charge in [0.1, 0.15) is 6.10 Å². The second-order valence-corrected chi connectivity index (χ2v) is 6.09. The van der Waals surface area contributed by atoms with Crippen molar-refractivity contribution in [1.29, 1.82) is 0 Å². The molecule has 0 radical (unpaired) electrons. The number of piperidine rings is 1. The van der Waals surface area contributed by atoms with Gasteiger partial charge in [0.2, 0.25) is 0 Å². The third-order valence-corrected chi connectivity index (χ3v) is 4.62. The van der Waals surface area contributed by atoms with Crippen LogP contribution in [0.5, 0.6) is 0 Å². The summed E-state index contributed by atoms with van der Waals surface area (Å²) in [4.78, 5) is 16.9. The highest BCUT2D eigenvalue weighted by Crippen LogP contribution is 2.22. The average Bonchev–Trinajstić information content (AvgIpc) is 2.62. The Morgan fingerprint density at radius 2 is 2.04 bits per heavy atom. The fourth-order valence-electron chi connectivity index (χ4n) is 3.28. The summed E-state index contributed by atoms with van der Waals surface area (Å²) < 4.78 is 5.60.